The maximum atomic E-state index is 12.0. The molecule has 1 amide bonds. The minimum atomic E-state index is -0.409. The fraction of sp³-hybridized carbons (Fsp3) is 0.481. The number of nitrogens with one attached hydrogen (secondary N) is 1. The predicted octanol–water partition coefficient (Wildman–Crippen LogP) is 4.62. The van der Waals surface area contributed by atoms with Crippen molar-refractivity contribution in [3.8, 4) is 23.0 Å². The smallest absolute Gasteiger partial charge is 0.344 e. The Bertz CT molecular complexity index is 988. The van der Waals surface area contributed by atoms with Crippen molar-refractivity contribution in [2.75, 3.05) is 33.5 Å². The maximum Gasteiger partial charge on any atom is 0.344 e. The van der Waals surface area contributed by atoms with Crippen LogP contribution in [0, 0.1) is 0 Å². The molecule has 0 heterocycles. The van der Waals surface area contributed by atoms with E-state index in [1.165, 1.54) is 7.05 Å². The average molecular weight is 488 g/mol. The second-order valence-electron chi connectivity index (χ2n) is 8.23. The Kier molecular flexibility index (Phi) is 11.2. The number of carbonyl (C=O) groups excluding carboxylic acids is 2. The van der Waals surface area contributed by atoms with Gasteiger partial charge in [0.25, 0.3) is 5.91 Å². The highest BCUT2D eigenvalue weighted by Gasteiger charge is 2.20. The second kappa shape index (κ2) is 14.1. The molecule has 0 aromatic heterocycles. The molecule has 0 radical (unpaired) electrons. The van der Waals surface area contributed by atoms with E-state index in [-0.39, 0.29) is 29.7 Å². The molecule has 2 rings (SSSR count). The molecule has 2 aromatic carbocycles. The van der Waals surface area contributed by atoms with Gasteiger partial charge in [-0.05, 0) is 43.5 Å². The van der Waals surface area contributed by atoms with E-state index in [1.807, 2.05) is 32.0 Å². The number of phenols is 1. The lowest BCUT2D eigenvalue weighted by Crippen LogP contribution is -2.18. The molecule has 0 atom stereocenters. The number of benzene rings is 2. The number of amides is 1. The van der Waals surface area contributed by atoms with Crippen LogP contribution >= 0.6 is 0 Å². The van der Waals surface area contributed by atoms with Crippen LogP contribution in [0.5, 0.6) is 23.0 Å². The van der Waals surface area contributed by atoms with Crippen LogP contribution < -0.4 is 19.5 Å². The van der Waals surface area contributed by atoms with Gasteiger partial charge in [0.1, 0.15) is 23.0 Å². The summed E-state index contributed by atoms with van der Waals surface area (Å²) in [4.78, 5) is 23.7. The fourth-order valence-electron chi connectivity index (χ4n) is 3.67. The van der Waals surface area contributed by atoms with Gasteiger partial charge in [0, 0.05) is 24.6 Å². The molecule has 8 nitrogen and oxygen atoms in total. The topological polar surface area (TPSA) is 103 Å². The standard InChI is InChI=1S/C27H37NO7/c1-6-10-19-21(11-8-12-22(19)35-17-24(29)32-7-2)33-15-9-16-34-23-14-13-20(27(31)28-5)26(30)25(23)18(3)4/h8,11-14,18,30H,6-7,9-10,15-17H2,1-5H3,(H,28,31). The first-order valence-corrected chi connectivity index (χ1v) is 12.1. The summed E-state index contributed by atoms with van der Waals surface area (Å²) in [6.07, 6.45) is 2.25. The number of aromatic hydroxyl groups is 1. The summed E-state index contributed by atoms with van der Waals surface area (Å²) in [6, 6.07) is 8.81. The number of ether oxygens (including phenoxy) is 4. The molecular formula is C27H37NO7. The van der Waals surface area contributed by atoms with Gasteiger partial charge in [0.15, 0.2) is 6.61 Å². The van der Waals surface area contributed by atoms with Crippen LogP contribution in [0.2, 0.25) is 0 Å². The molecule has 2 N–H and O–H groups in total. The van der Waals surface area contributed by atoms with Crippen molar-refractivity contribution in [1.82, 2.24) is 5.32 Å². The zero-order valence-electron chi connectivity index (χ0n) is 21.3. The lowest BCUT2D eigenvalue weighted by atomic mass is 9.97. The number of rotatable bonds is 14. The molecule has 0 saturated carbocycles. The van der Waals surface area contributed by atoms with Gasteiger partial charge in [-0.15, -0.1) is 0 Å². The highest BCUT2D eigenvalue weighted by atomic mass is 16.6. The number of carbonyl (C=O) groups is 2. The Labute approximate surface area is 207 Å². The van der Waals surface area contributed by atoms with Crippen molar-refractivity contribution in [1.29, 1.82) is 0 Å². The Morgan fingerprint density at radius 1 is 0.971 bits per heavy atom. The van der Waals surface area contributed by atoms with Crippen LogP contribution in [0.4, 0.5) is 0 Å². The largest absolute Gasteiger partial charge is 0.507 e. The summed E-state index contributed by atoms with van der Waals surface area (Å²) in [6.45, 7) is 8.65. The van der Waals surface area contributed by atoms with Crippen molar-refractivity contribution in [2.45, 2.75) is 52.9 Å². The Balaban J connectivity index is 1.99. The van der Waals surface area contributed by atoms with Crippen LogP contribution in [-0.2, 0) is 16.0 Å². The summed E-state index contributed by atoms with van der Waals surface area (Å²) in [5, 5.41) is 13.1. The third-order valence-electron chi connectivity index (χ3n) is 5.27. The molecular weight excluding hydrogens is 450 g/mol. The predicted molar refractivity (Wildman–Crippen MR) is 134 cm³/mol. The van der Waals surface area contributed by atoms with Crippen LogP contribution in [0.1, 0.15) is 67.9 Å². The quantitative estimate of drug-likeness (QED) is 0.296. The highest BCUT2D eigenvalue weighted by Crippen LogP contribution is 2.37. The number of esters is 1. The number of phenolic OH excluding ortho intramolecular Hbond substituents is 1. The van der Waals surface area contributed by atoms with E-state index in [9.17, 15) is 14.7 Å². The first-order chi connectivity index (χ1) is 16.8. The van der Waals surface area contributed by atoms with E-state index < -0.39 is 5.97 Å². The molecule has 35 heavy (non-hydrogen) atoms. The molecule has 0 unspecified atom stereocenters. The summed E-state index contributed by atoms with van der Waals surface area (Å²) >= 11 is 0. The Hall–Kier alpha value is -3.42. The first kappa shape index (κ1) is 27.8. The van der Waals surface area contributed by atoms with E-state index in [2.05, 4.69) is 12.2 Å². The Morgan fingerprint density at radius 2 is 1.63 bits per heavy atom. The average Bonchev–Trinajstić information content (AvgIpc) is 2.83. The Morgan fingerprint density at radius 3 is 2.23 bits per heavy atom. The summed E-state index contributed by atoms with van der Waals surface area (Å²) in [5.74, 6) is 1.03. The minimum absolute atomic E-state index is 0.0280. The van der Waals surface area contributed by atoms with Gasteiger partial charge in [-0.3, -0.25) is 4.79 Å². The summed E-state index contributed by atoms with van der Waals surface area (Å²) in [5.41, 5.74) is 1.74. The van der Waals surface area contributed by atoms with Crippen molar-refractivity contribution in [2.24, 2.45) is 0 Å². The van der Waals surface area contributed by atoms with Crippen molar-refractivity contribution >= 4 is 11.9 Å². The molecule has 8 heteroatoms. The zero-order valence-corrected chi connectivity index (χ0v) is 21.3. The van der Waals surface area contributed by atoms with Gasteiger partial charge in [0.05, 0.1) is 25.4 Å². The maximum absolute atomic E-state index is 12.0. The van der Waals surface area contributed by atoms with Crippen LogP contribution in [0.3, 0.4) is 0 Å². The third kappa shape index (κ3) is 7.80. The zero-order chi connectivity index (χ0) is 25.8. The molecule has 2 aromatic rings. The normalized spacial score (nSPS) is 10.7. The van der Waals surface area contributed by atoms with Gasteiger partial charge in [-0.2, -0.15) is 0 Å². The van der Waals surface area contributed by atoms with E-state index in [4.69, 9.17) is 18.9 Å². The van der Waals surface area contributed by atoms with Gasteiger partial charge in [0.2, 0.25) is 0 Å². The summed E-state index contributed by atoms with van der Waals surface area (Å²) in [7, 11) is 1.52. The van der Waals surface area contributed by atoms with Gasteiger partial charge in [-0.1, -0.05) is 33.3 Å². The monoisotopic (exact) mass is 487 g/mol. The number of hydrogen-bond acceptors (Lipinski definition) is 7. The van der Waals surface area contributed by atoms with Crippen molar-refractivity contribution in [3.05, 3.63) is 47.0 Å². The van der Waals surface area contributed by atoms with Gasteiger partial charge < -0.3 is 29.4 Å². The SMILES string of the molecule is CCCc1c(OCCCOc2ccc(C(=O)NC)c(O)c2C(C)C)cccc1OCC(=O)OCC. The van der Waals surface area contributed by atoms with Crippen molar-refractivity contribution in [3.63, 3.8) is 0 Å². The second-order valence-corrected chi connectivity index (χ2v) is 8.23. The van der Waals surface area contributed by atoms with Crippen molar-refractivity contribution < 1.29 is 33.6 Å². The van der Waals surface area contributed by atoms with E-state index in [0.717, 1.165) is 18.4 Å². The van der Waals surface area contributed by atoms with E-state index in [0.29, 0.717) is 49.1 Å². The minimum Gasteiger partial charge on any atom is -0.507 e. The third-order valence-corrected chi connectivity index (χ3v) is 5.27. The molecule has 0 saturated heterocycles. The first-order valence-electron chi connectivity index (χ1n) is 12.1. The van der Waals surface area contributed by atoms with Crippen LogP contribution in [-0.4, -0.2) is 50.5 Å². The molecule has 0 aliphatic rings. The molecule has 192 valence electrons. The molecule has 0 fully saturated rings. The highest BCUT2D eigenvalue weighted by molar-refractivity contribution is 5.97. The lowest BCUT2D eigenvalue weighted by molar-refractivity contribution is -0.145. The number of hydrogen-bond donors (Lipinski definition) is 2. The van der Waals surface area contributed by atoms with Gasteiger partial charge >= 0.3 is 5.97 Å². The fourth-order valence-corrected chi connectivity index (χ4v) is 3.67. The molecule has 0 aliphatic carbocycles. The summed E-state index contributed by atoms with van der Waals surface area (Å²) < 4.78 is 22.5. The van der Waals surface area contributed by atoms with Crippen LogP contribution in [0.15, 0.2) is 30.3 Å². The lowest BCUT2D eigenvalue weighted by Gasteiger charge is -2.18. The molecule has 0 bridgehead atoms. The van der Waals surface area contributed by atoms with Crippen LogP contribution in [0.25, 0.3) is 0 Å². The van der Waals surface area contributed by atoms with Gasteiger partial charge in [-0.25, -0.2) is 4.79 Å². The van der Waals surface area contributed by atoms with E-state index >= 15 is 0 Å². The molecule has 0 aliphatic heterocycles. The van der Waals surface area contributed by atoms with E-state index in [1.54, 1.807) is 19.1 Å². The molecule has 0 spiro atoms.